The Balaban J connectivity index is 1.34. The second kappa shape index (κ2) is 8.19. The van der Waals surface area contributed by atoms with Crippen LogP contribution >= 0.6 is 23.3 Å². The molecule has 146 valence electrons. The van der Waals surface area contributed by atoms with Gasteiger partial charge < -0.3 is 5.32 Å². The quantitative estimate of drug-likeness (QED) is 0.579. The van der Waals surface area contributed by atoms with Crippen molar-refractivity contribution in [3.8, 4) is 0 Å². The summed E-state index contributed by atoms with van der Waals surface area (Å²) in [5.41, 5.74) is 3.02. The Hall–Kier alpha value is -1.96. The van der Waals surface area contributed by atoms with Crippen molar-refractivity contribution in [2.75, 3.05) is 18.4 Å². The molecule has 1 aliphatic rings. The first-order valence-electron chi connectivity index (χ1n) is 9.35. The van der Waals surface area contributed by atoms with Crippen LogP contribution in [0.2, 0.25) is 0 Å². The summed E-state index contributed by atoms with van der Waals surface area (Å²) in [6.45, 7) is 5.62. The lowest BCUT2D eigenvalue weighted by Crippen LogP contribution is -2.34. The molecule has 0 atom stereocenters. The normalized spacial score (nSPS) is 15.8. The van der Waals surface area contributed by atoms with Crippen molar-refractivity contribution in [1.82, 2.24) is 9.29 Å². The predicted molar refractivity (Wildman–Crippen MR) is 114 cm³/mol. The molecule has 0 bridgehead atoms. The van der Waals surface area contributed by atoms with E-state index in [1.54, 1.807) is 18.0 Å². The third-order valence-electron chi connectivity index (χ3n) is 5.04. The first-order chi connectivity index (χ1) is 13.5. The molecule has 0 saturated carbocycles. The van der Waals surface area contributed by atoms with Crippen LogP contribution < -0.4 is 5.32 Å². The number of nitrogens with one attached hydrogen (secondary N) is 1. The molecule has 0 spiro atoms. The number of hydrogen-bond donors (Lipinski definition) is 1. The number of hydrogen-bond acceptors (Lipinski definition) is 5. The number of carbonyl (C=O) groups excluding carboxylic acids is 1. The van der Waals surface area contributed by atoms with E-state index < -0.39 is 0 Å². The summed E-state index contributed by atoms with van der Waals surface area (Å²) >= 11 is 3.17. The highest BCUT2D eigenvalue weighted by Crippen LogP contribution is 2.32. The molecule has 0 radical (unpaired) electrons. The fraction of sp³-hybridized carbons (Fsp3) is 0.333. The van der Waals surface area contributed by atoms with Crippen LogP contribution in [0, 0.1) is 25.6 Å². The van der Waals surface area contributed by atoms with Crippen molar-refractivity contribution in [3.63, 3.8) is 0 Å². The topological polar surface area (TPSA) is 45.2 Å². The number of rotatable bonds is 4. The fourth-order valence-corrected chi connectivity index (χ4v) is 5.36. The van der Waals surface area contributed by atoms with Crippen LogP contribution in [0.25, 0.3) is 10.2 Å². The highest BCUT2D eigenvalue weighted by atomic mass is 32.2. The van der Waals surface area contributed by atoms with Crippen molar-refractivity contribution < 1.29 is 9.18 Å². The van der Waals surface area contributed by atoms with E-state index in [9.17, 15) is 9.18 Å². The minimum absolute atomic E-state index is 0.000672. The number of carbonyl (C=O) groups is 1. The van der Waals surface area contributed by atoms with Gasteiger partial charge in [-0.2, -0.15) is 0 Å². The van der Waals surface area contributed by atoms with Gasteiger partial charge in [0.2, 0.25) is 5.91 Å². The van der Waals surface area contributed by atoms with Gasteiger partial charge in [0.1, 0.15) is 5.82 Å². The van der Waals surface area contributed by atoms with Gasteiger partial charge in [-0.25, -0.2) is 13.7 Å². The molecule has 7 heteroatoms. The minimum atomic E-state index is -0.206. The zero-order valence-corrected chi connectivity index (χ0v) is 17.5. The molecule has 2 heterocycles. The Labute approximate surface area is 172 Å². The van der Waals surface area contributed by atoms with Gasteiger partial charge in [0.25, 0.3) is 0 Å². The van der Waals surface area contributed by atoms with Gasteiger partial charge in [-0.15, -0.1) is 0 Å². The smallest absolute Gasteiger partial charge is 0.229 e. The number of para-hydroxylation sites is 1. The van der Waals surface area contributed by atoms with E-state index in [1.165, 1.54) is 17.4 Å². The Kier molecular flexibility index (Phi) is 5.66. The summed E-state index contributed by atoms with van der Waals surface area (Å²) in [5.74, 6) is -0.152. The summed E-state index contributed by atoms with van der Waals surface area (Å²) in [4.78, 5) is 18.3. The molecule has 1 saturated heterocycles. The minimum Gasteiger partial charge on any atom is -0.302 e. The summed E-state index contributed by atoms with van der Waals surface area (Å²) in [7, 11) is 0. The highest BCUT2D eigenvalue weighted by Gasteiger charge is 2.26. The van der Waals surface area contributed by atoms with E-state index in [4.69, 9.17) is 0 Å². The third-order valence-corrected chi connectivity index (χ3v) is 7.25. The van der Waals surface area contributed by atoms with Crippen LogP contribution in [0.4, 0.5) is 9.52 Å². The zero-order chi connectivity index (χ0) is 19.7. The molecule has 4 nitrogen and oxygen atoms in total. The fourth-order valence-electron chi connectivity index (χ4n) is 3.41. The molecule has 1 aromatic heterocycles. The summed E-state index contributed by atoms with van der Waals surface area (Å²) < 4.78 is 16.6. The van der Waals surface area contributed by atoms with Gasteiger partial charge in [-0.1, -0.05) is 23.5 Å². The highest BCUT2D eigenvalue weighted by molar-refractivity contribution is 7.97. The van der Waals surface area contributed by atoms with Gasteiger partial charge in [-0.3, -0.25) is 4.79 Å². The van der Waals surface area contributed by atoms with E-state index in [-0.39, 0.29) is 17.6 Å². The molecule has 2 aromatic carbocycles. The van der Waals surface area contributed by atoms with Crippen molar-refractivity contribution in [2.24, 2.45) is 5.92 Å². The molecular formula is C21H22FN3OS2. The molecule has 1 amide bonds. The number of fused-ring (bicyclic) bond motifs is 1. The molecule has 28 heavy (non-hydrogen) atoms. The van der Waals surface area contributed by atoms with Gasteiger partial charge in [0.05, 0.1) is 10.2 Å². The van der Waals surface area contributed by atoms with Crippen LogP contribution in [0.1, 0.15) is 24.0 Å². The summed E-state index contributed by atoms with van der Waals surface area (Å²) in [6, 6.07) is 10.9. The molecule has 1 aliphatic heterocycles. The van der Waals surface area contributed by atoms with Gasteiger partial charge >= 0.3 is 0 Å². The Bertz CT molecular complexity index is 1010. The molecule has 1 fully saturated rings. The largest absolute Gasteiger partial charge is 0.302 e. The molecule has 0 aliphatic carbocycles. The number of aromatic nitrogens is 1. The second-order valence-electron chi connectivity index (χ2n) is 7.13. The number of piperidine rings is 1. The number of halogens is 1. The first kappa shape index (κ1) is 19.4. The van der Waals surface area contributed by atoms with E-state index in [0.717, 1.165) is 52.2 Å². The standard InChI is InChI=1S/C21H22FN3OS2/c1-13-4-3-5-18-19(13)23-21(27-18)24-20(26)15-8-10-25(11-9-15)28-17-7-6-16(22)12-14(17)2/h3-7,12,15H,8-11H2,1-2H3,(H,23,24,26). The van der Waals surface area contributed by atoms with Crippen LogP contribution in [0.3, 0.4) is 0 Å². The average Bonchev–Trinajstić information content (AvgIpc) is 3.08. The number of nitrogens with zero attached hydrogens (tertiary/aromatic N) is 2. The maximum atomic E-state index is 13.3. The van der Waals surface area contributed by atoms with E-state index in [1.807, 2.05) is 38.1 Å². The number of benzene rings is 2. The summed E-state index contributed by atoms with van der Waals surface area (Å²) in [5, 5.41) is 3.68. The maximum Gasteiger partial charge on any atom is 0.229 e. The van der Waals surface area contributed by atoms with Crippen molar-refractivity contribution in [2.45, 2.75) is 31.6 Å². The van der Waals surface area contributed by atoms with Crippen molar-refractivity contribution in [3.05, 3.63) is 53.3 Å². The lowest BCUT2D eigenvalue weighted by atomic mass is 9.97. The first-order valence-corrected chi connectivity index (χ1v) is 10.9. The monoisotopic (exact) mass is 415 g/mol. The third kappa shape index (κ3) is 4.21. The van der Waals surface area contributed by atoms with E-state index in [2.05, 4.69) is 14.6 Å². The number of anilines is 1. The van der Waals surface area contributed by atoms with Crippen LogP contribution in [0.15, 0.2) is 41.3 Å². The Morgan fingerprint density at radius 2 is 2.00 bits per heavy atom. The molecular weight excluding hydrogens is 393 g/mol. The van der Waals surface area contributed by atoms with Crippen LogP contribution in [-0.4, -0.2) is 28.3 Å². The van der Waals surface area contributed by atoms with Gasteiger partial charge in [-0.05, 0) is 74.0 Å². The lowest BCUT2D eigenvalue weighted by Gasteiger charge is -2.30. The number of aryl methyl sites for hydroxylation is 2. The summed E-state index contributed by atoms with van der Waals surface area (Å²) in [6.07, 6.45) is 1.62. The zero-order valence-electron chi connectivity index (χ0n) is 15.9. The SMILES string of the molecule is Cc1cc(F)ccc1SN1CCC(C(=O)Nc2nc3c(C)cccc3s2)CC1. The number of thiazole rings is 1. The van der Waals surface area contributed by atoms with Crippen LogP contribution in [0.5, 0.6) is 0 Å². The van der Waals surface area contributed by atoms with Gasteiger partial charge in [0, 0.05) is 23.9 Å². The van der Waals surface area contributed by atoms with E-state index >= 15 is 0 Å². The lowest BCUT2D eigenvalue weighted by molar-refractivity contribution is -0.120. The van der Waals surface area contributed by atoms with Crippen LogP contribution in [-0.2, 0) is 4.79 Å². The maximum absolute atomic E-state index is 13.3. The second-order valence-corrected chi connectivity index (χ2v) is 9.30. The van der Waals surface area contributed by atoms with Crippen molar-refractivity contribution in [1.29, 1.82) is 0 Å². The Morgan fingerprint density at radius 1 is 1.21 bits per heavy atom. The predicted octanol–water partition coefficient (Wildman–Crippen LogP) is 5.41. The number of amides is 1. The van der Waals surface area contributed by atoms with Gasteiger partial charge in [0.15, 0.2) is 5.13 Å². The average molecular weight is 416 g/mol. The Morgan fingerprint density at radius 3 is 2.71 bits per heavy atom. The molecule has 0 unspecified atom stereocenters. The molecule has 1 N–H and O–H groups in total. The molecule has 4 rings (SSSR count). The molecule has 3 aromatic rings. The van der Waals surface area contributed by atoms with E-state index in [0.29, 0.717) is 5.13 Å². The van der Waals surface area contributed by atoms with Crippen molar-refractivity contribution >= 4 is 44.5 Å².